The molecule has 2 N–H and O–H groups in total. The summed E-state index contributed by atoms with van der Waals surface area (Å²) in [4.78, 5) is 39.5. The van der Waals surface area contributed by atoms with Crippen molar-refractivity contribution in [3.05, 3.63) is 46.2 Å². The number of fused-ring (bicyclic) bond motifs is 1. The van der Waals surface area contributed by atoms with Crippen molar-refractivity contribution in [2.24, 2.45) is 5.92 Å². The Balaban J connectivity index is 1.83. The van der Waals surface area contributed by atoms with E-state index < -0.39 is 23.6 Å². The number of nitrogens with one attached hydrogen (secondary N) is 1. The minimum atomic E-state index is -1.05. The highest BCUT2D eigenvalue weighted by molar-refractivity contribution is 7.17. The van der Waals surface area contributed by atoms with Gasteiger partial charge in [0.15, 0.2) is 10.9 Å². The van der Waals surface area contributed by atoms with Gasteiger partial charge in [0.1, 0.15) is 5.82 Å². The molecule has 118 valence electrons. The lowest BCUT2D eigenvalue weighted by Gasteiger charge is -2.15. The van der Waals surface area contributed by atoms with E-state index in [1.54, 1.807) is 0 Å². The number of carbonyl (C=O) groups excluding carboxylic acids is 2. The fraction of sp³-hybridized carbons (Fsp3) is 0.200. The lowest BCUT2D eigenvalue weighted by molar-refractivity contribution is -0.141. The number of nitrogens with zero attached hydrogens (tertiary/aromatic N) is 1. The third kappa shape index (κ3) is 2.98. The quantitative estimate of drug-likeness (QED) is 0.898. The number of Topliss-reactive ketones (excluding diaryl/α,β-unsaturated/α-hetero) is 1. The molecule has 6 nitrogen and oxygen atoms in total. The first-order chi connectivity index (χ1) is 11.0. The van der Waals surface area contributed by atoms with Crippen molar-refractivity contribution in [3.8, 4) is 0 Å². The van der Waals surface area contributed by atoms with Crippen molar-refractivity contribution in [2.45, 2.75) is 12.8 Å². The summed E-state index contributed by atoms with van der Waals surface area (Å²) in [6, 6.07) is 5.51. The highest BCUT2D eigenvalue weighted by Crippen LogP contribution is 2.32. The van der Waals surface area contributed by atoms with Gasteiger partial charge in [-0.05, 0) is 12.1 Å². The molecule has 0 radical (unpaired) electrons. The van der Waals surface area contributed by atoms with Crippen molar-refractivity contribution < 1.29 is 23.9 Å². The number of carboxylic acid groups (broad SMARTS) is 1. The van der Waals surface area contributed by atoms with Gasteiger partial charge in [-0.1, -0.05) is 23.5 Å². The van der Waals surface area contributed by atoms with E-state index in [1.165, 1.54) is 24.3 Å². The maximum absolute atomic E-state index is 13.6. The summed E-state index contributed by atoms with van der Waals surface area (Å²) in [5.41, 5.74) is 0.234. The Hall–Kier alpha value is -2.61. The number of carboxylic acids is 1. The smallest absolute Gasteiger partial charge is 0.307 e. The van der Waals surface area contributed by atoms with Crippen LogP contribution in [0.1, 0.15) is 32.1 Å². The summed E-state index contributed by atoms with van der Waals surface area (Å²) < 4.78 is 13.6. The predicted molar refractivity (Wildman–Crippen MR) is 80.2 cm³/mol. The zero-order valence-electron chi connectivity index (χ0n) is 11.7. The van der Waals surface area contributed by atoms with Crippen LogP contribution in [0.25, 0.3) is 0 Å². The van der Waals surface area contributed by atoms with Crippen molar-refractivity contribution >= 4 is 34.1 Å². The van der Waals surface area contributed by atoms with Crippen LogP contribution in [0.15, 0.2) is 24.3 Å². The Morgan fingerprint density at radius 3 is 2.74 bits per heavy atom. The molecule has 1 atom stereocenters. The Morgan fingerprint density at radius 2 is 2.04 bits per heavy atom. The molecule has 8 heteroatoms. The summed E-state index contributed by atoms with van der Waals surface area (Å²) in [5.74, 6) is -3.48. The van der Waals surface area contributed by atoms with Gasteiger partial charge in [0.2, 0.25) is 0 Å². The number of thiazole rings is 1. The first kappa shape index (κ1) is 15.3. The van der Waals surface area contributed by atoms with E-state index in [2.05, 4.69) is 10.3 Å². The third-order valence-electron chi connectivity index (χ3n) is 3.51. The lowest BCUT2D eigenvalue weighted by Crippen LogP contribution is -2.25. The molecule has 0 saturated carbocycles. The van der Waals surface area contributed by atoms with Gasteiger partial charge in [-0.2, -0.15) is 0 Å². The van der Waals surface area contributed by atoms with Crippen LogP contribution >= 0.6 is 11.3 Å². The number of hydrogen-bond donors (Lipinski definition) is 2. The summed E-state index contributed by atoms with van der Waals surface area (Å²) in [6.45, 7) is 0. The van der Waals surface area contributed by atoms with Crippen LogP contribution in [0.3, 0.4) is 0 Å². The van der Waals surface area contributed by atoms with E-state index in [0.717, 1.165) is 11.3 Å². The third-order valence-corrected chi connectivity index (χ3v) is 4.56. The number of carbonyl (C=O) groups is 3. The molecule has 23 heavy (non-hydrogen) atoms. The van der Waals surface area contributed by atoms with Crippen molar-refractivity contribution in [1.82, 2.24) is 4.98 Å². The van der Waals surface area contributed by atoms with Crippen LogP contribution in [0.4, 0.5) is 9.52 Å². The average Bonchev–Trinajstić information content (AvgIpc) is 2.90. The van der Waals surface area contributed by atoms with Gasteiger partial charge >= 0.3 is 5.97 Å². The summed E-state index contributed by atoms with van der Waals surface area (Å²) in [5, 5.41) is 11.6. The molecule has 1 aliphatic carbocycles. The van der Waals surface area contributed by atoms with E-state index in [1.807, 2.05) is 0 Å². The fourth-order valence-electron chi connectivity index (χ4n) is 2.37. The standard InChI is InChI=1S/C15H11FN2O4S/c16-9-4-2-1-3-8(9)13(20)18-15-17-10-5-7(14(21)22)6-11(19)12(10)23-15/h1-4,7H,5-6H2,(H,21,22)(H,17,18,20). The molecule has 1 aromatic carbocycles. The second kappa shape index (κ2) is 5.88. The molecule has 0 saturated heterocycles. The molecule has 0 aliphatic heterocycles. The SMILES string of the molecule is O=C(Nc1nc2c(s1)C(=O)CC(C(=O)O)C2)c1ccccc1F. The molecule has 1 aliphatic rings. The average molecular weight is 334 g/mol. The summed E-state index contributed by atoms with van der Waals surface area (Å²) in [7, 11) is 0. The maximum atomic E-state index is 13.6. The largest absolute Gasteiger partial charge is 0.481 e. The number of aromatic nitrogens is 1. The Labute approximate surface area is 134 Å². The van der Waals surface area contributed by atoms with Gasteiger partial charge in [0.25, 0.3) is 5.91 Å². The van der Waals surface area contributed by atoms with Crippen LogP contribution < -0.4 is 5.32 Å². The molecular weight excluding hydrogens is 323 g/mol. The Bertz CT molecular complexity index is 818. The Morgan fingerprint density at radius 1 is 1.30 bits per heavy atom. The van der Waals surface area contributed by atoms with Gasteiger partial charge in [0, 0.05) is 12.8 Å². The molecule has 3 rings (SSSR count). The molecule has 1 aromatic heterocycles. The highest BCUT2D eigenvalue weighted by atomic mass is 32.1. The highest BCUT2D eigenvalue weighted by Gasteiger charge is 2.33. The van der Waals surface area contributed by atoms with Gasteiger partial charge in [-0.25, -0.2) is 9.37 Å². The first-order valence-electron chi connectivity index (χ1n) is 6.77. The Kier molecular flexibility index (Phi) is 3.91. The van der Waals surface area contributed by atoms with Gasteiger partial charge in [-0.15, -0.1) is 0 Å². The van der Waals surface area contributed by atoms with Crippen LogP contribution in [0.2, 0.25) is 0 Å². The molecule has 0 bridgehead atoms. The van der Waals surface area contributed by atoms with E-state index in [4.69, 9.17) is 5.11 Å². The van der Waals surface area contributed by atoms with E-state index in [0.29, 0.717) is 10.6 Å². The predicted octanol–water partition coefficient (Wildman–Crippen LogP) is 2.36. The zero-order chi connectivity index (χ0) is 16.6. The van der Waals surface area contributed by atoms with Crippen molar-refractivity contribution in [2.75, 3.05) is 5.32 Å². The summed E-state index contributed by atoms with van der Waals surface area (Å²) in [6.07, 6.45) is 0.0632. The number of anilines is 1. The molecular formula is C15H11FN2O4S. The summed E-state index contributed by atoms with van der Waals surface area (Å²) >= 11 is 0.978. The number of ketones is 1. The first-order valence-corrected chi connectivity index (χ1v) is 7.59. The monoisotopic (exact) mass is 334 g/mol. The number of aliphatic carboxylic acids is 1. The second-order valence-electron chi connectivity index (χ2n) is 5.10. The van der Waals surface area contributed by atoms with Crippen molar-refractivity contribution in [3.63, 3.8) is 0 Å². The molecule has 1 amide bonds. The van der Waals surface area contributed by atoms with E-state index in [9.17, 15) is 18.8 Å². The minimum absolute atomic E-state index is 0.0781. The molecule has 0 spiro atoms. The number of benzene rings is 1. The number of rotatable bonds is 3. The van der Waals surface area contributed by atoms with Crippen LogP contribution in [0, 0.1) is 11.7 Å². The topological polar surface area (TPSA) is 96.4 Å². The van der Waals surface area contributed by atoms with Crippen LogP contribution in [-0.4, -0.2) is 27.8 Å². The molecule has 1 unspecified atom stereocenters. The van der Waals surface area contributed by atoms with Crippen LogP contribution in [-0.2, 0) is 11.2 Å². The van der Waals surface area contributed by atoms with E-state index >= 15 is 0 Å². The van der Waals surface area contributed by atoms with Gasteiger partial charge in [0.05, 0.1) is 22.1 Å². The van der Waals surface area contributed by atoms with Gasteiger partial charge in [-0.3, -0.25) is 19.7 Å². The lowest BCUT2D eigenvalue weighted by atomic mass is 9.90. The number of halogens is 1. The van der Waals surface area contributed by atoms with Gasteiger partial charge < -0.3 is 5.11 Å². The normalized spacial score (nSPS) is 16.7. The zero-order valence-corrected chi connectivity index (χ0v) is 12.5. The number of hydrogen-bond acceptors (Lipinski definition) is 5. The molecule has 2 aromatic rings. The second-order valence-corrected chi connectivity index (χ2v) is 6.09. The number of amides is 1. The molecule has 1 heterocycles. The fourth-order valence-corrected chi connectivity index (χ4v) is 3.30. The maximum Gasteiger partial charge on any atom is 0.307 e. The minimum Gasteiger partial charge on any atom is -0.481 e. The molecule has 0 fully saturated rings. The van der Waals surface area contributed by atoms with Crippen molar-refractivity contribution in [1.29, 1.82) is 0 Å². The van der Waals surface area contributed by atoms with Crippen LogP contribution in [0.5, 0.6) is 0 Å². The van der Waals surface area contributed by atoms with E-state index in [-0.39, 0.29) is 29.3 Å².